The Morgan fingerprint density at radius 3 is 2.77 bits per heavy atom. The third kappa shape index (κ3) is 4.10. The average Bonchev–Trinajstić information content (AvgIpc) is 3.31. The smallest absolute Gasteiger partial charge is 0.145 e. The highest BCUT2D eigenvalue weighted by atomic mass is 28.3. The van der Waals surface area contributed by atoms with Crippen LogP contribution in [0.1, 0.15) is 12.8 Å². The molecule has 1 saturated carbocycles. The summed E-state index contributed by atoms with van der Waals surface area (Å²) >= 11 is 0. The van der Waals surface area contributed by atoms with Crippen LogP contribution in [0, 0.1) is 0 Å². The van der Waals surface area contributed by atoms with Gasteiger partial charge < -0.3 is 14.6 Å². The Labute approximate surface area is 177 Å². The molecule has 0 amide bonds. The normalized spacial score (nSPS) is 16.2. The molecule has 4 rings (SSSR count). The van der Waals surface area contributed by atoms with Gasteiger partial charge in [0.05, 0.1) is 17.4 Å². The SMILES string of the molecule is CNCC1(n2cc(-c3ncnc4c3ccn4COCC[Si](C)(C)C)cn2)CC(=O)C1. The Hall–Kier alpha value is -2.36. The van der Waals surface area contributed by atoms with Gasteiger partial charge in [0, 0.05) is 57.4 Å². The first-order valence-corrected chi connectivity index (χ1v) is 14.1. The quantitative estimate of drug-likeness (QED) is 0.418. The van der Waals surface area contributed by atoms with E-state index in [2.05, 4.69) is 40.0 Å². The lowest BCUT2D eigenvalue weighted by atomic mass is 9.75. The van der Waals surface area contributed by atoms with Crippen molar-refractivity contribution in [3.8, 4) is 11.3 Å². The summed E-state index contributed by atoms with van der Waals surface area (Å²) in [4.78, 5) is 20.7. The molecule has 0 radical (unpaired) electrons. The fourth-order valence-corrected chi connectivity index (χ4v) is 4.72. The van der Waals surface area contributed by atoms with E-state index < -0.39 is 8.07 Å². The van der Waals surface area contributed by atoms with E-state index in [9.17, 15) is 4.79 Å². The predicted octanol–water partition coefficient (Wildman–Crippen LogP) is 2.88. The van der Waals surface area contributed by atoms with Crippen molar-refractivity contribution in [3.63, 3.8) is 0 Å². The topological polar surface area (TPSA) is 86.9 Å². The second kappa shape index (κ2) is 8.05. The highest BCUT2D eigenvalue weighted by Crippen LogP contribution is 2.37. The molecule has 1 aliphatic rings. The number of fused-ring (bicyclic) bond motifs is 1. The van der Waals surface area contributed by atoms with E-state index in [1.165, 1.54) is 0 Å². The van der Waals surface area contributed by atoms with Crippen LogP contribution in [0.25, 0.3) is 22.3 Å². The van der Waals surface area contributed by atoms with E-state index >= 15 is 0 Å². The van der Waals surface area contributed by atoms with Crippen molar-refractivity contribution in [2.75, 3.05) is 20.2 Å². The van der Waals surface area contributed by atoms with Gasteiger partial charge in [0.2, 0.25) is 0 Å². The van der Waals surface area contributed by atoms with Crippen LogP contribution >= 0.6 is 0 Å². The van der Waals surface area contributed by atoms with E-state index in [1.54, 1.807) is 6.33 Å². The number of ether oxygens (including phenoxy) is 1. The van der Waals surface area contributed by atoms with Crippen molar-refractivity contribution >= 4 is 24.9 Å². The number of rotatable bonds is 9. The third-order valence-electron chi connectivity index (χ3n) is 5.68. The van der Waals surface area contributed by atoms with Crippen LogP contribution in [-0.4, -0.2) is 58.4 Å². The summed E-state index contributed by atoms with van der Waals surface area (Å²) in [5.41, 5.74) is 2.35. The van der Waals surface area contributed by atoms with Gasteiger partial charge in [-0.2, -0.15) is 5.10 Å². The lowest BCUT2D eigenvalue weighted by Gasteiger charge is -2.40. The molecule has 1 aliphatic carbocycles. The molecular weight excluding hydrogens is 396 g/mol. The maximum atomic E-state index is 11.7. The maximum Gasteiger partial charge on any atom is 0.145 e. The first kappa shape index (κ1) is 20.9. The maximum absolute atomic E-state index is 11.7. The number of carbonyl (C=O) groups excluding carboxylic acids is 1. The van der Waals surface area contributed by atoms with Crippen LogP contribution in [0.2, 0.25) is 25.7 Å². The van der Waals surface area contributed by atoms with Crippen LogP contribution < -0.4 is 5.32 Å². The van der Waals surface area contributed by atoms with E-state index in [1.807, 2.05) is 41.0 Å². The van der Waals surface area contributed by atoms with Gasteiger partial charge in [-0.3, -0.25) is 9.48 Å². The Kier molecular flexibility index (Phi) is 5.61. The minimum Gasteiger partial charge on any atom is -0.361 e. The first-order valence-electron chi connectivity index (χ1n) is 10.4. The minimum absolute atomic E-state index is 0.271. The molecule has 1 fully saturated rings. The zero-order chi connectivity index (χ0) is 21.4. The number of hydrogen-bond donors (Lipinski definition) is 1. The van der Waals surface area contributed by atoms with Gasteiger partial charge in [-0.1, -0.05) is 19.6 Å². The zero-order valence-electron chi connectivity index (χ0n) is 18.2. The number of aromatic nitrogens is 5. The van der Waals surface area contributed by atoms with Gasteiger partial charge >= 0.3 is 0 Å². The molecule has 0 aliphatic heterocycles. The van der Waals surface area contributed by atoms with Crippen LogP contribution in [-0.2, 0) is 21.8 Å². The molecule has 0 bridgehead atoms. The van der Waals surface area contributed by atoms with Crippen LogP contribution in [0.3, 0.4) is 0 Å². The summed E-state index contributed by atoms with van der Waals surface area (Å²) in [6.07, 6.45) is 8.42. The zero-order valence-corrected chi connectivity index (χ0v) is 19.2. The number of Topliss-reactive ketones (excluding diaryl/α,β-unsaturated/α-hetero) is 1. The number of nitrogens with zero attached hydrogens (tertiary/aromatic N) is 5. The lowest BCUT2D eigenvalue weighted by molar-refractivity contribution is -0.131. The number of likely N-dealkylation sites (N-methyl/N-ethyl adjacent to an activating group) is 1. The lowest BCUT2D eigenvalue weighted by Crippen LogP contribution is -2.53. The van der Waals surface area contributed by atoms with Gasteiger partial charge in [-0.05, 0) is 19.2 Å². The van der Waals surface area contributed by atoms with Crippen molar-refractivity contribution < 1.29 is 9.53 Å². The van der Waals surface area contributed by atoms with Crippen LogP contribution in [0.15, 0.2) is 31.0 Å². The summed E-state index contributed by atoms with van der Waals surface area (Å²) in [7, 11) is 0.797. The molecule has 8 nitrogen and oxygen atoms in total. The highest BCUT2D eigenvalue weighted by molar-refractivity contribution is 6.76. The number of carbonyl (C=O) groups is 1. The first-order chi connectivity index (χ1) is 14.3. The number of hydrogen-bond acceptors (Lipinski definition) is 6. The van der Waals surface area contributed by atoms with Crippen molar-refractivity contribution in [1.29, 1.82) is 0 Å². The summed E-state index contributed by atoms with van der Waals surface area (Å²) in [6.45, 7) is 9.01. The second-order valence-corrected chi connectivity index (χ2v) is 15.0. The monoisotopic (exact) mass is 426 g/mol. The summed E-state index contributed by atoms with van der Waals surface area (Å²) < 4.78 is 9.84. The summed E-state index contributed by atoms with van der Waals surface area (Å²) in [5, 5.41) is 8.74. The Balaban J connectivity index is 1.55. The van der Waals surface area contributed by atoms with Crippen molar-refractivity contribution in [2.45, 2.75) is 50.8 Å². The van der Waals surface area contributed by atoms with E-state index in [4.69, 9.17) is 4.74 Å². The predicted molar refractivity (Wildman–Crippen MR) is 119 cm³/mol. The summed E-state index contributed by atoms with van der Waals surface area (Å²) in [6, 6.07) is 3.17. The molecule has 0 spiro atoms. The molecule has 3 heterocycles. The van der Waals surface area contributed by atoms with Gasteiger partial charge in [-0.15, -0.1) is 0 Å². The fraction of sp³-hybridized carbons (Fsp3) is 0.524. The van der Waals surface area contributed by atoms with E-state index in [0.717, 1.165) is 34.9 Å². The van der Waals surface area contributed by atoms with Gasteiger partial charge in [0.1, 0.15) is 24.5 Å². The standard InChI is InChI=1S/C21H30N6O2Si/c1-22-13-21(9-17(28)10-21)27-12-16(11-25-27)19-18-5-6-26(20(18)24-14-23-19)15-29-7-8-30(2,3)4/h5-6,11-12,14,22H,7-10,13,15H2,1-4H3. The van der Waals surface area contributed by atoms with Crippen LogP contribution in [0.5, 0.6) is 0 Å². The molecule has 0 aromatic carbocycles. The molecule has 9 heteroatoms. The molecule has 30 heavy (non-hydrogen) atoms. The Bertz CT molecular complexity index is 1040. The number of nitrogens with one attached hydrogen (secondary N) is 1. The molecule has 0 saturated heterocycles. The second-order valence-electron chi connectivity index (χ2n) is 9.41. The van der Waals surface area contributed by atoms with E-state index in [0.29, 0.717) is 26.1 Å². The van der Waals surface area contributed by atoms with Crippen molar-refractivity contribution in [1.82, 2.24) is 29.6 Å². The molecular formula is C21H30N6O2Si. The largest absolute Gasteiger partial charge is 0.361 e. The van der Waals surface area contributed by atoms with Crippen molar-refractivity contribution in [3.05, 3.63) is 31.0 Å². The fourth-order valence-electron chi connectivity index (χ4n) is 3.96. The molecule has 160 valence electrons. The molecule has 3 aromatic heterocycles. The summed E-state index contributed by atoms with van der Waals surface area (Å²) in [5.74, 6) is 0.276. The average molecular weight is 427 g/mol. The van der Waals surface area contributed by atoms with Crippen LogP contribution in [0.4, 0.5) is 0 Å². The molecule has 3 aromatic rings. The van der Waals surface area contributed by atoms with Gasteiger partial charge in [0.15, 0.2) is 0 Å². The Morgan fingerprint density at radius 2 is 2.07 bits per heavy atom. The minimum atomic E-state index is -1.10. The van der Waals surface area contributed by atoms with E-state index in [-0.39, 0.29) is 11.3 Å². The third-order valence-corrected chi connectivity index (χ3v) is 7.39. The Morgan fingerprint density at radius 1 is 1.27 bits per heavy atom. The van der Waals surface area contributed by atoms with Crippen molar-refractivity contribution in [2.24, 2.45) is 0 Å². The molecule has 1 N–H and O–H groups in total. The number of ketones is 1. The highest BCUT2D eigenvalue weighted by Gasteiger charge is 2.45. The van der Waals surface area contributed by atoms with Gasteiger partial charge in [0.25, 0.3) is 0 Å². The molecule has 0 unspecified atom stereocenters. The molecule has 0 atom stereocenters. The van der Waals surface area contributed by atoms with Gasteiger partial charge in [-0.25, -0.2) is 9.97 Å².